The molecule has 0 aromatic heterocycles. The number of phenols is 1. The van der Waals surface area contributed by atoms with E-state index in [1.165, 1.54) is 4.90 Å². The number of carbonyl (C=O) groups excluding carboxylic acids is 2. The molecule has 2 aromatic carbocycles. The van der Waals surface area contributed by atoms with E-state index in [1.807, 2.05) is 6.07 Å². The lowest BCUT2D eigenvalue weighted by molar-refractivity contribution is -0.124. The van der Waals surface area contributed by atoms with Crippen LogP contribution in [-0.4, -0.2) is 16.9 Å². The van der Waals surface area contributed by atoms with Crippen molar-refractivity contribution in [3.05, 3.63) is 48.6 Å². The molecule has 4 aliphatic rings. The first-order valence-electron chi connectivity index (χ1n) is 8.43. The van der Waals surface area contributed by atoms with Crippen molar-refractivity contribution in [2.24, 2.45) is 23.7 Å². The number of phenolic OH excluding ortho intramolecular Hbond substituents is 1. The van der Waals surface area contributed by atoms with E-state index in [0.717, 1.165) is 18.2 Å². The van der Waals surface area contributed by atoms with Crippen molar-refractivity contribution < 1.29 is 14.7 Å². The van der Waals surface area contributed by atoms with Crippen LogP contribution in [0.3, 0.4) is 0 Å². The summed E-state index contributed by atoms with van der Waals surface area (Å²) in [5, 5.41) is 11.5. The summed E-state index contributed by atoms with van der Waals surface area (Å²) in [5.74, 6) is -0.0651. The van der Waals surface area contributed by atoms with E-state index in [2.05, 4.69) is 12.2 Å². The molecular weight excluding hydrogens is 302 g/mol. The van der Waals surface area contributed by atoms with Gasteiger partial charge >= 0.3 is 0 Å². The molecule has 4 unspecified atom stereocenters. The van der Waals surface area contributed by atoms with Gasteiger partial charge in [-0.3, -0.25) is 9.59 Å². The number of aromatic hydroxyl groups is 1. The second-order valence-corrected chi connectivity index (χ2v) is 7.00. The fraction of sp³-hybridized carbons (Fsp3) is 0.300. The Morgan fingerprint density at radius 2 is 1.42 bits per heavy atom. The summed E-state index contributed by atoms with van der Waals surface area (Å²) < 4.78 is 0. The second kappa shape index (κ2) is 4.69. The van der Waals surface area contributed by atoms with Crippen LogP contribution < -0.4 is 4.90 Å². The first-order valence-corrected chi connectivity index (χ1v) is 8.43. The molecule has 0 radical (unpaired) electrons. The van der Waals surface area contributed by atoms with Crippen molar-refractivity contribution in [1.82, 2.24) is 0 Å². The smallest absolute Gasteiger partial charge is 0.238 e. The third kappa shape index (κ3) is 1.63. The van der Waals surface area contributed by atoms with E-state index in [9.17, 15) is 14.7 Å². The highest BCUT2D eigenvalue weighted by atomic mass is 16.3. The average molecular weight is 319 g/mol. The summed E-state index contributed by atoms with van der Waals surface area (Å²) in [6.45, 7) is 0. The molecular formula is C20H17NO3. The molecule has 6 rings (SSSR count). The molecule has 1 saturated carbocycles. The molecule has 2 bridgehead atoms. The number of nitrogens with zero attached hydrogens (tertiary/aromatic N) is 1. The van der Waals surface area contributed by atoms with Gasteiger partial charge in [-0.05, 0) is 36.8 Å². The minimum atomic E-state index is -0.214. The Bertz CT molecular complexity index is 884. The lowest BCUT2D eigenvalue weighted by atomic mass is 9.63. The standard InChI is InChI=1S/C20H17NO3/c22-16-6-2-3-13-14(16)4-1-5-15(13)21-19(23)17-11-7-8-12(10-9-11)18(17)20(21)24/h1-8,11-12,17-18,22H,9-10H2. The van der Waals surface area contributed by atoms with E-state index in [0.29, 0.717) is 11.1 Å². The van der Waals surface area contributed by atoms with Gasteiger partial charge in [0.15, 0.2) is 0 Å². The molecule has 1 aliphatic heterocycles. The Morgan fingerprint density at radius 1 is 0.833 bits per heavy atom. The molecule has 1 N–H and O–H groups in total. The molecule has 2 amide bonds. The molecule has 1 heterocycles. The van der Waals surface area contributed by atoms with Crippen molar-refractivity contribution in [3.63, 3.8) is 0 Å². The van der Waals surface area contributed by atoms with E-state index in [4.69, 9.17) is 0 Å². The molecule has 4 atom stereocenters. The van der Waals surface area contributed by atoms with Crippen molar-refractivity contribution >= 4 is 28.3 Å². The quantitative estimate of drug-likeness (QED) is 0.648. The van der Waals surface area contributed by atoms with Crippen LogP contribution in [-0.2, 0) is 9.59 Å². The number of carbonyl (C=O) groups is 2. The summed E-state index contributed by atoms with van der Waals surface area (Å²) >= 11 is 0. The largest absolute Gasteiger partial charge is 0.507 e. The zero-order chi connectivity index (χ0) is 16.4. The van der Waals surface area contributed by atoms with Crippen LogP contribution in [0.1, 0.15) is 12.8 Å². The van der Waals surface area contributed by atoms with Crippen LogP contribution in [0.2, 0.25) is 0 Å². The normalized spacial score (nSPS) is 31.1. The van der Waals surface area contributed by atoms with Crippen LogP contribution in [0.5, 0.6) is 5.75 Å². The minimum Gasteiger partial charge on any atom is -0.507 e. The molecule has 24 heavy (non-hydrogen) atoms. The van der Waals surface area contributed by atoms with E-state index < -0.39 is 0 Å². The Labute approximate surface area is 139 Å². The zero-order valence-electron chi connectivity index (χ0n) is 13.1. The van der Waals surface area contributed by atoms with Gasteiger partial charge in [0.25, 0.3) is 0 Å². The van der Waals surface area contributed by atoms with Crippen molar-refractivity contribution in [3.8, 4) is 5.75 Å². The Balaban J connectivity index is 1.68. The van der Waals surface area contributed by atoms with Gasteiger partial charge in [0.05, 0.1) is 17.5 Å². The number of imide groups is 1. The monoisotopic (exact) mass is 319 g/mol. The lowest BCUT2D eigenvalue weighted by Gasteiger charge is -2.38. The Kier molecular flexibility index (Phi) is 2.70. The second-order valence-electron chi connectivity index (χ2n) is 7.00. The van der Waals surface area contributed by atoms with Crippen LogP contribution >= 0.6 is 0 Å². The molecule has 2 aromatic rings. The van der Waals surface area contributed by atoms with E-state index in [-0.39, 0.29) is 41.2 Å². The van der Waals surface area contributed by atoms with Crippen LogP contribution in [0.4, 0.5) is 5.69 Å². The number of fused-ring (bicyclic) bond motifs is 2. The highest BCUT2D eigenvalue weighted by Gasteiger charge is 2.57. The van der Waals surface area contributed by atoms with Crippen molar-refractivity contribution in [2.45, 2.75) is 12.8 Å². The first-order chi connectivity index (χ1) is 11.7. The maximum atomic E-state index is 13.1. The maximum absolute atomic E-state index is 13.1. The summed E-state index contributed by atoms with van der Waals surface area (Å²) in [6, 6.07) is 10.6. The van der Waals surface area contributed by atoms with Crippen molar-refractivity contribution in [2.75, 3.05) is 4.90 Å². The summed E-state index contributed by atoms with van der Waals surface area (Å²) in [6.07, 6.45) is 6.23. The van der Waals surface area contributed by atoms with Crippen LogP contribution in [0.15, 0.2) is 48.6 Å². The molecule has 0 spiro atoms. The number of hydrogen-bond acceptors (Lipinski definition) is 3. The molecule has 3 aliphatic carbocycles. The lowest BCUT2D eigenvalue weighted by Crippen LogP contribution is -2.38. The fourth-order valence-electron chi connectivity index (χ4n) is 4.78. The predicted molar refractivity (Wildman–Crippen MR) is 90.4 cm³/mol. The third-order valence-electron chi connectivity index (χ3n) is 5.88. The van der Waals surface area contributed by atoms with Gasteiger partial charge in [0, 0.05) is 10.8 Å². The first kappa shape index (κ1) is 13.8. The Hall–Kier alpha value is -2.62. The fourth-order valence-corrected chi connectivity index (χ4v) is 4.78. The predicted octanol–water partition coefficient (Wildman–Crippen LogP) is 3.25. The SMILES string of the molecule is O=C1C2C3C=CC(CC3)C2C(=O)N1c1cccc2c(O)cccc12. The molecule has 4 heteroatoms. The van der Waals surface area contributed by atoms with Gasteiger partial charge in [-0.1, -0.05) is 36.4 Å². The number of amides is 2. The number of benzene rings is 2. The number of hydrogen-bond donors (Lipinski definition) is 1. The number of rotatable bonds is 1. The highest BCUT2D eigenvalue weighted by molar-refractivity contribution is 6.25. The molecule has 2 fully saturated rings. The van der Waals surface area contributed by atoms with Gasteiger partial charge in [0.1, 0.15) is 5.75 Å². The molecule has 120 valence electrons. The topological polar surface area (TPSA) is 57.6 Å². The Morgan fingerprint density at radius 3 is 2.04 bits per heavy atom. The average Bonchev–Trinajstić information content (AvgIpc) is 2.89. The maximum Gasteiger partial charge on any atom is 0.238 e. The van der Waals surface area contributed by atoms with Gasteiger partial charge in [-0.25, -0.2) is 4.90 Å². The molecule has 4 nitrogen and oxygen atoms in total. The van der Waals surface area contributed by atoms with Crippen molar-refractivity contribution in [1.29, 1.82) is 0 Å². The van der Waals surface area contributed by atoms with Gasteiger partial charge in [0.2, 0.25) is 11.8 Å². The summed E-state index contributed by atoms with van der Waals surface area (Å²) in [7, 11) is 0. The van der Waals surface area contributed by atoms with Crippen LogP contribution in [0.25, 0.3) is 10.8 Å². The van der Waals surface area contributed by atoms with Gasteiger partial charge in [-0.15, -0.1) is 0 Å². The van der Waals surface area contributed by atoms with E-state index >= 15 is 0 Å². The number of anilines is 1. The van der Waals surface area contributed by atoms with E-state index in [1.54, 1.807) is 30.3 Å². The van der Waals surface area contributed by atoms with Crippen LogP contribution in [0, 0.1) is 23.7 Å². The zero-order valence-corrected chi connectivity index (χ0v) is 13.1. The highest BCUT2D eigenvalue weighted by Crippen LogP contribution is 2.51. The number of allylic oxidation sites excluding steroid dienone is 2. The van der Waals surface area contributed by atoms with Gasteiger partial charge in [-0.2, -0.15) is 0 Å². The molecule has 1 saturated heterocycles. The summed E-state index contributed by atoms with van der Waals surface area (Å²) in [5.41, 5.74) is 0.590. The van der Waals surface area contributed by atoms with Gasteiger partial charge < -0.3 is 5.11 Å². The minimum absolute atomic E-state index is 0.0834. The third-order valence-corrected chi connectivity index (χ3v) is 5.88. The summed E-state index contributed by atoms with van der Waals surface area (Å²) in [4.78, 5) is 27.5.